The summed E-state index contributed by atoms with van der Waals surface area (Å²) in [4.78, 5) is 0.332. The second-order valence-electron chi connectivity index (χ2n) is 4.87. The minimum absolute atomic E-state index is 0.158. The molecule has 2 aromatic rings. The van der Waals surface area contributed by atoms with E-state index in [1.807, 2.05) is 50.2 Å². The second kappa shape index (κ2) is 6.78. The van der Waals surface area contributed by atoms with Crippen LogP contribution in [0.4, 0.5) is 11.4 Å². The summed E-state index contributed by atoms with van der Waals surface area (Å²) in [6.45, 7) is 3.99. The first-order valence-corrected chi connectivity index (χ1v) is 7.37. The van der Waals surface area contributed by atoms with E-state index in [9.17, 15) is 0 Å². The Balaban J connectivity index is 2.13. The van der Waals surface area contributed by atoms with Crippen molar-refractivity contribution in [1.82, 2.24) is 0 Å². The highest BCUT2D eigenvalue weighted by atomic mass is 35.5. The maximum Gasteiger partial charge on any atom is 0.119 e. The van der Waals surface area contributed by atoms with Crippen LogP contribution in [-0.2, 0) is 0 Å². The first-order valence-electron chi connectivity index (χ1n) is 6.59. The Morgan fingerprint density at radius 3 is 2.38 bits per heavy atom. The third-order valence-corrected chi connectivity index (χ3v) is 3.31. The molecule has 0 amide bonds. The van der Waals surface area contributed by atoms with Gasteiger partial charge >= 0.3 is 0 Å². The Hall–Kier alpha value is -1.78. The number of nitrogens with one attached hydrogen (secondary N) is 1. The van der Waals surface area contributed by atoms with Crippen LogP contribution in [0.15, 0.2) is 42.5 Å². The Morgan fingerprint density at radius 2 is 1.86 bits per heavy atom. The van der Waals surface area contributed by atoms with Gasteiger partial charge in [-0.1, -0.05) is 23.8 Å². The van der Waals surface area contributed by atoms with Crippen LogP contribution < -0.4 is 15.8 Å². The molecular weight excluding hydrogens is 304 g/mol. The van der Waals surface area contributed by atoms with Crippen molar-refractivity contribution < 1.29 is 4.74 Å². The average Bonchev–Trinajstić information content (AvgIpc) is 2.42. The van der Waals surface area contributed by atoms with Crippen LogP contribution in [0.25, 0.3) is 0 Å². The normalized spacial score (nSPS) is 10.5. The molecule has 2 aromatic carbocycles. The minimum atomic E-state index is 0.158. The van der Waals surface area contributed by atoms with E-state index < -0.39 is 0 Å². The van der Waals surface area contributed by atoms with Crippen LogP contribution in [-0.4, -0.2) is 11.1 Å². The van der Waals surface area contributed by atoms with E-state index in [4.69, 9.17) is 34.3 Å². The van der Waals surface area contributed by atoms with E-state index >= 15 is 0 Å². The summed E-state index contributed by atoms with van der Waals surface area (Å²) in [7, 11) is 0. The lowest BCUT2D eigenvalue weighted by Crippen LogP contribution is -2.09. The second-order valence-corrected chi connectivity index (χ2v) is 5.72. The fraction of sp³-hybridized carbons (Fsp3) is 0.188. The van der Waals surface area contributed by atoms with Gasteiger partial charge in [-0.25, -0.2) is 0 Å². The molecule has 0 aromatic heterocycles. The van der Waals surface area contributed by atoms with Crippen molar-refractivity contribution in [1.29, 1.82) is 0 Å². The Kier molecular flexibility index (Phi) is 5.04. The minimum Gasteiger partial charge on any atom is -0.491 e. The predicted octanol–water partition coefficient (Wildman–Crippen LogP) is 4.51. The molecule has 0 saturated heterocycles. The first-order chi connectivity index (χ1) is 9.95. The lowest BCUT2D eigenvalue weighted by Gasteiger charge is -2.12. The van der Waals surface area contributed by atoms with Crippen LogP contribution in [0.1, 0.15) is 19.4 Å². The number of benzene rings is 2. The molecule has 0 heterocycles. The van der Waals surface area contributed by atoms with Crippen molar-refractivity contribution in [2.45, 2.75) is 20.0 Å². The highest BCUT2D eigenvalue weighted by molar-refractivity contribution is 7.80. The van der Waals surface area contributed by atoms with Crippen LogP contribution >= 0.6 is 23.8 Å². The zero-order chi connectivity index (χ0) is 15.4. The molecule has 0 spiro atoms. The van der Waals surface area contributed by atoms with Gasteiger partial charge in [0.1, 0.15) is 10.7 Å². The van der Waals surface area contributed by atoms with Gasteiger partial charge in [0.05, 0.1) is 16.8 Å². The average molecular weight is 321 g/mol. The van der Waals surface area contributed by atoms with Gasteiger partial charge in [-0.3, -0.25) is 0 Å². The molecule has 21 heavy (non-hydrogen) atoms. The summed E-state index contributed by atoms with van der Waals surface area (Å²) >= 11 is 11.1. The predicted molar refractivity (Wildman–Crippen MR) is 92.8 cm³/mol. The fourth-order valence-corrected chi connectivity index (χ4v) is 2.17. The van der Waals surface area contributed by atoms with E-state index in [0.29, 0.717) is 10.0 Å². The quantitative estimate of drug-likeness (QED) is 0.796. The summed E-state index contributed by atoms with van der Waals surface area (Å²) in [5.74, 6) is 0.838. The topological polar surface area (TPSA) is 47.3 Å². The molecule has 0 saturated carbocycles. The molecule has 0 bridgehead atoms. The van der Waals surface area contributed by atoms with E-state index in [1.54, 1.807) is 6.07 Å². The largest absolute Gasteiger partial charge is 0.491 e. The van der Waals surface area contributed by atoms with Gasteiger partial charge in [0, 0.05) is 11.3 Å². The van der Waals surface area contributed by atoms with Crippen molar-refractivity contribution in [2.75, 3.05) is 5.32 Å². The van der Waals surface area contributed by atoms with Gasteiger partial charge in [-0.05, 0) is 56.3 Å². The van der Waals surface area contributed by atoms with Gasteiger partial charge in [-0.2, -0.15) is 0 Å². The van der Waals surface area contributed by atoms with E-state index in [-0.39, 0.29) is 6.10 Å². The zero-order valence-corrected chi connectivity index (χ0v) is 13.5. The third-order valence-electron chi connectivity index (χ3n) is 2.76. The summed E-state index contributed by atoms with van der Waals surface area (Å²) in [6, 6.07) is 13.2. The smallest absolute Gasteiger partial charge is 0.119 e. The van der Waals surface area contributed by atoms with Crippen molar-refractivity contribution in [3.63, 3.8) is 0 Å². The van der Waals surface area contributed by atoms with Crippen molar-refractivity contribution >= 4 is 40.2 Å². The van der Waals surface area contributed by atoms with Crippen LogP contribution in [0.3, 0.4) is 0 Å². The molecule has 0 radical (unpaired) electrons. The van der Waals surface area contributed by atoms with Gasteiger partial charge in [0.2, 0.25) is 0 Å². The monoisotopic (exact) mass is 320 g/mol. The highest BCUT2D eigenvalue weighted by Gasteiger charge is 2.05. The standard InChI is InChI=1S/C16H17ClN2OS/c1-10(2)20-13-6-4-12(5-7-13)19-15-8-3-11(16(18)21)9-14(15)17/h3-10,19H,1-2H3,(H2,18,21). The molecule has 0 aliphatic carbocycles. The van der Waals surface area contributed by atoms with Gasteiger partial charge < -0.3 is 15.8 Å². The molecule has 3 nitrogen and oxygen atoms in total. The number of thiocarbonyl (C=S) groups is 1. The van der Waals surface area contributed by atoms with Crippen molar-refractivity contribution in [3.8, 4) is 5.75 Å². The number of halogens is 1. The number of anilines is 2. The first kappa shape index (κ1) is 15.6. The Bertz CT molecular complexity index is 641. The Morgan fingerprint density at radius 1 is 1.19 bits per heavy atom. The van der Waals surface area contributed by atoms with Crippen LogP contribution in [0.2, 0.25) is 5.02 Å². The molecule has 2 rings (SSSR count). The van der Waals surface area contributed by atoms with E-state index in [1.165, 1.54) is 0 Å². The highest BCUT2D eigenvalue weighted by Crippen LogP contribution is 2.27. The number of ether oxygens (including phenoxy) is 1. The molecule has 0 fully saturated rings. The number of hydrogen-bond donors (Lipinski definition) is 2. The van der Waals surface area contributed by atoms with Crippen molar-refractivity contribution in [2.24, 2.45) is 5.73 Å². The zero-order valence-electron chi connectivity index (χ0n) is 11.9. The third kappa shape index (κ3) is 4.34. The van der Waals surface area contributed by atoms with Crippen LogP contribution in [0.5, 0.6) is 5.75 Å². The van der Waals surface area contributed by atoms with Gasteiger partial charge in [0.25, 0.3) is 0 Å². The van der Waals surface area contributed by atoms with E-state index in [2.05, 4.69) is 5.32 Å². The maximum atomic E-state index is 6.22. The summed E-state index contributed by atoms with van der Waals surface area (Å²) in [6.07, 6.45) is 0.158. The van der Waals surface area contributed by atoms with Crippen molar-refractivity contribution in [3.05, 3.63) is 53.1 Å². The molecule has 110 valence electrons. The molecule has 0 unspecified atom stereocenters. The molecule has 5 heteroatoms. The number of rotatable bonds is 5. The molecule has 0 aliphatic heterocycles. The Labute approximate surface area is 135 Å². The summed E-state index contributed by atoms with van der Waals surface area (Å²) in [5, 5.41) is 3.82. The van der Waals surface area contributed by atoms with Crippen LogP contribution in [0, 0.1) is 0 Å². The van der Waals surface area contributed by atoms with Gasteiger partial charge in [-0.15, -0.1) is 0 Å². The fourth-order valence-electron chi connectivity index (χ4n) is 1.81. The SMILES string of the molecule is CC(C)Oc1ccc(Nc2ccc(C(N)=S)cc2Cl)cc1. The summed E-state index contributed by atoms with van der Waals surface area (Å²) in [5.41, 5.74) is 8.06. The molecular formula is C16H17ClN2OS. The van der Waals surface area contributed by atoms with Gasteiger partial charge in [0.15, 0.2) is 0 Å². The number of hydrogen-bond acceptors (Lipinski definition) is 3. The maximum absolute atomic E-state index is 6.22. The molecule has 3 N–H and O–H groups in total. The molecule has 0 atom stereocenters. The lowest BCUT2D eigenvalue weighted by atomic mass is 10.2. The van der Waals surface area contributed by atoms with E-state index in [0.717, 1.165) is 22.7 Å². The lowest BCUT2D eigenvalue weighted by molar-refractivity contribution is 0.242. The number of nitrogens with two attached hydrogens (primary N) is 1. The summed E-state index contributed by atoms with van der Waals surface area (Å²) < 4.78 is 5.60. The molecule has 0 aliphatic rings.